The van der Waals surface area contributed by atoms with Crippen LogP contribution in [0.15, 0.2) is 10.6 Å². The van der Waals surface area contributed by atoms with E-state index in [-0.39, 0.29) is 0 Å². The summed E-state index contributed by atoms with van der Waals surface area (Å²) < 4.78 is 5.49. The van der Waals surface area contributed by atoms with Crippen LogP contribution in [0.5, 0.6) is 0 Å². The number of likely N-dealkylation sites (tertiary alicyclic amines) is 1. The third-order valence-electron chi connectivity index (χ3n) is 2.66. The topological polar surface area (TPSA) is 46.3 Å². The number of rotatable bonds is 3. The maximum atomic E-state index is 10.3. The first-order chi connectivity index (χ1) is 6.81. The Morgan fingerprint density at radius 2 is 2.64 bits per heavy atom. The molecule has 0 aromatic carbocycles. The number of nitrogens with zero attached hydrogens (tertiary/aromatic N) is 2. The fourth-order valence-corrected chi connectivity index (χ4v) is 1.88. The van der Waals surface area contributed by atoms with Crippen LogP contribution in [-0.4, -0.2) is 29.8 Å². The van der Waals surface area contributed by atoms with Crippen molar-refractivity contribution >= 4 is 6.29 Å². The molecule has 0 spiro atoms. The summed E-state index contributed by atoms with van der Waals surface area (Å²) in [5.74, 6) is 1.41. The van der Waals surface area contributed by atoms with Crippen LogP contribution in [-0.2, 0) is 11.2 Å². The zero-order chi connectivity index (χ0) is 9.97. The number of oxazole rings is 1. The minimum atomic E-state index is 0.301. The van der Waals surface area contributed by atoms with E-state index in [2.05, 4.69) is 16.9 Å². The van der Waals surface area contributed by atoms with Crippen molar-refractivity contribution in [3.63, 3.8) is 0 Å². The Bertz CT molecular complexity index is 322. The molecule has 1 aliphatic heterocycles. The van der Waals surface area contributed by atoms with Crippen LogP contribution in [0.25, 0.3) is 0 Å². The molecule has 4 nitrogen and oxygen atoms in total. The van der Waals surface area contributed by atoms with Gasteiger partial charge in [-0.05, 0) is 26.4 Å². The largest absolute Gasteiger partial charge is 0.444 e. The number of aldehydes is 1. The van der Waals surface area contributed by atoms with Gasteiger partial charge in [-0.15, -0.1) is 0 Å². The quantitative estimate of drug-likeness (QED) is 0.678. The van der Waals surface area contributed by atoms with Gasteiger partial charge < -0.3 is 9.21 Å². The molecule has 0 radical (unpaired) electrons. The molecule has 14 heavy (non-hydrogen) atoms. The van der Waals surface area contributed by atoms with Crippen molar-refractivity contribution in [3.8, 4) is 0 Å². The van der Waals surface area contributed by atoms with Crippen LogP contribution >= 0.6 is 0 Å². The standard InChI is InChI=1S/C10H14N2O2/c1-12-5-2-3-9(12)10-11-7-8(14-10)4-6-13/h6-7,9H,2-5H2,1H3. The molecular formula is C10H14N2O2. The number of aromatic nitrogens is 1. The summed E-state index contributed by atoms with van der Waals surface area (Å²) in [6.45, 7) is 1.09. The van der Waals surface area contributed by atoms with E-state index < -0.39 is 0 Å². The van der Waals surface area contributed by atoms with Crippen molar-refractivity contribution in [2.45, 2.75) is 25.3 Å². The van der Waals surface area contributed by atoms with Gasteiger partial charge in [0, 0.05) is 0 Å². The Hall–Kier alpha value is -1.16. The van der Waals surface area contributed by atoms with Crippen LogP contribution in [0.1, 0.15) is 30.5 Å². The lowest BCUT2D eigenvalue weighted by molar-refractivity contribution is -0.107. The molecule has 1 unspecified atom stereocenters. The molecule has 1 aliphatic rings. The Labute approximate surface area is 82.9 Å². The summed E-state index contributed by atoms with van der Waals surface area (Å²) in [7, 11) is 2.07. The van der Waals surface area contributed by atoms with Crippen LogP contribution in [0.3, 0.4) is 0 Å². The summed E-state index contributed by atoms with van der Waals surface area (Å²) in [6.07, 6.45) is 5.09. The Kier molecular flexibility index (Phi) is 2.63. The second-order valence-electron chi connectivity index (χ2n) is 3.67. The molecule has 76 valence electrons. The highest BCUT2D eigenvalue weighted by Crippen LogP contribution is 2.29. The van der Waals surface area contributed by atoms with Gasteiger partial charge in [0.05, 0.1) is 18.7 Å². The summed E-state index contributed by atoms with van der Waals surface area (Å²) in [6, 6.07) is 0.301. The van der Waals surface area contributed by atoms with Crippen LogP contribution in [0.4, 0.5) is 0 Å². The van der Waals surface area contributed by atoms with Gasteiger partial charge in [0.1, 0.15) is 12.0 Å². The lowest BCUT2D eigenvalue weighted by Crippen LogP contribution is -2.17. The predicted molar refractivity (Wildman–Crippen MR) is 50.9 cm³/mol. The highest BCUT2D eigenvalue weighted by atomic mass is 16.4. The molecule has 1 aromatic rings. The summed E-state index contributed by atoms with van der Waals surface area (Å²) >= 11 is 0. The van der Waals surface area contributed by atoms with E-state index >= 15 is 0 Å². The maximum absolute atomic E-state index is 10.3. The van der Waals surface area contributed by atoms with E-state index in [0.29, 0.717) is 18.2 Å². The van der Waals surface area contributed by atoms with Gasteiger partial charge in [-0.2, -0.15) is 0 Å². The second kappa shape index (κ2) is 3.92. The molecule has 0 aliphatic carbocycles. The van der Waals surface area contributed by atoms with E-state index in [0.717, 1.165) is 25.1 Å². The van der Waals surface area contributed by atoms with E-state index in [9.17, 15) is 4.79 Å². The average molecular weight is 194 g/mol. The highest BCUT2D eigenvalue weighted by Gasteiger charge is 2.26. The Morgan fingerprint density at radius 1 is 1.79 bits per heavy atom. The van der Waals surface area contributed by atoms with Crippen molar-refractivity contribution in [1.82, 2.24) is 9.88 Å². The number of carbonyl (C=O) groups excluding carboxylic acids is 1. The minimum Gasteiger partial charge on any atom is -0.444 e. The molecule has 1 saturated heterocycles. The molecule has 0 N–H and O–H groups in total. The number of hydrogen-bond acceptors (Lipinski definition) is 4. The first-order valence-corrected chi connectivity index (χ1v) is 4.89. The zero-order valence-corrected chi connectivity index (χ0v) is 8.27. The molecule has 0 saturated carbocycles. The van der Waals surface area contributed by atoms with E-state index in [4.69, 9.17) is 4.42 Å². The Balaban J connectivity index is 2.11. The molecule has 0 bridgehead atoms. The summed E-state index contributed by atoms with van der Waals surface area (Å²) in [5, 5.41) is 0. The Morgan fingerprint density at radius 3 is 3.29 bits per heavy atom. The molecule has 0 amide bonds. The average Bonchev–Trinajstić information content (AvgIpc) is 2.74. The van der Waals surface area contributed by atoms with Crippen molar-refractivity contribution in [2.75, 3.05) is 13.6 Å². The number of carbonyl (C=O) groups is 1. The van der Waals surface area contributed by atoms with Gasteiger partial charge in [0.2, 0.25) is 5.89 Å². The molecule has 1 fully saturated rings. The number of hydrogen-bond donors (Lipinski definition) is 0. The fraction of sp³-hybridized carbons (Fsp3) is 0.600. The molecule has 1 aromatic heterocycles. The normalized spacial score (nSPS) is 22.8. The summed E-state index contributed by atoms with van der Waals surface area (Å²) in [5.41, 5.74) is 0. The van der Waals surface area contributed by atoms with Gasteiger partial charge in [0.25, 0.3) is 0 Å². The van der Waals surface area contributed by atoms with Crippen LogP contribution < -0.4 is 0 Å². The lowest BCUT2D eigenvalue weighted by Gasteiger charge is -2.15. The van der Waals surface area contributed by atoms with Gasteiger partial charge in [-0.3, -0.25) is 4.90 Å². The summed E-state index contributed by atoms with van der Waals surface area (Å²) in [4.78, 5) is 16.7. The van der Waals surface area contributed by atoms with E-state index in [1.807, 2.05) is 0 Å². The molecule has 4 heteroatoms. The minimum absolute atomic E-state index is 0.301. The molecule has 1 atom stereocenters. The fourth-order valence-electron chi connectivity index (χ4n) is 1.88. The zero-order valence-electron chi connectivity index (χ0n) is 8.27. The van der Waals surface area contributed by atoms with Gasteiger partial charge in [-0.25, -0.2) is 4.98 Å². The first kappa shape index (κ1) is 9.40. The van der Waals surface area contributed by atoms with Gasteiger partial charge in [0.15, 0.2) is 0 Å². The van der Waals surface area contributed by atoms with Gasteiger partial charge >= 0.3 is 0 Å². The second-order valence-corrected chi connectivity index (χ2v) is 3.67. The van der Waals surface area contributed by atoms with Crippen molar-refractivity contribution in [1.29, 1.82) is 0 Å². The first-order valence-electron chi connectivity index (χ1n) is 4.89. The van der Waals surface area contributed by atoms with Crippen molar-refractivity contribution < 1.29 is 9.21 Å². The smallest absolute Gasteiger partial charge is 0.211 e. The predicted octanol–water partition coefficient (Wildman–Crippen LogP) is 1.18. The SMILES string of the molecule is CN1CCCC1c1ncc(CC=O)o1. The lowest BCUT2D eigenvalue weighted by atomic mass is 10.2. The van der Waals surface area contributed by atoms with Crippen LogP contribution in [0, 0.1) is 0 Å². The van der Waals surface area contributed by atoms with Crippen LogP contribution in [0.2, 0.25) is 0 Å². The molecule has 2 rings (SSSR count). The van der Waals surface area contributed by atoms with Crippen molar-refractivity contribution in [3.05, 3.63) is 17.8 Å². The third kappa shape index (κ3) is 1.70. The molecule has 2 heterocycles. The highest BCUT2D eigenvalue weighted by molar-refractivity contribution is 5.52. The van der Waals surface area contributed by atoms with E-state index in [1.54, 1.807) is 6.20 Å². The monoisotopic (exact) mass is 194 g/mol. The third-order valence-corrected chi connectivity index (χ3v) is 2.66. The van der Waals surface area contributed by atoms with Crippen molar-refractivity contribution in [2.24, 2.45) is 0 Å². The maximum Gasteiger partial charge on any atom is 0.211 e. The van der Waals surface area contributed by atoms with Gasteiger partial charge in [-0.1, -0.05) is 0 Å². The molecular weight excluding hydrogens is 180 g/mol. The van der Waals surface area contributed by atoms with E-state index in [1.165, 1.54) is 6.42 Å².